The summed E-state index contributed by atoms with van der Waals surface area (Å²) < 4.78 is 16.8. The smallest absolute Gasteiger partial charge is 0.186 e. The Balaban J connectivity index is 2.07. The third-order valence-corrected chi connectivity index (χ3v) is 2.69. The molecule has 1 aliphatic rings. The molecule has 110 valence electrons. The summed E-state index contributed by atoms with van der Waals surface area (Å²) in [5.74, 6) is 0.763. The Labute approximate surface area is 116 Å². The predicted octanol–water partition coefficient (Wildman–Crippen LogP) is 2.96. The van der Waals surface area contributed by atoms with Crippen molar-refractivity contribution >= 4 is 0 Å². The third kappa shape index (κ3) is 7.90. The van der Waals surface area contributed by atoms with Gasteiger partial charge in [-0.3, -0.25) is 0 Å². The minimum absolute atomic E-state index is 0.00859. The van der Waals surface area contributed by atoms with Crippen LogP contribution in [0.2, 0.25) is 0 Å². The van der Waals surface area contributed by atoms with Crippen LogP contribution in [-0.2, 0) is 14.2 Å². The highest BCUT2D eigenvalue weighted by molar-refractivity contribution is 5.03. The predicted molar refractivity (Wildman–Crippen MR) is 76.7 cm³/mol. The Morgan fingerprint density at radius 3 is 2.89 bits per heavy atom. The molecule has 0 aromatic rings. The minimum Gasteiger partial charge on any atom is -0.479 e. The summed E-state index contributed by atoms with van der Waals surface area (Å²) in [5.41, 5.74) is 0. The number of rotatable bonds is 9. The van der Waals surface area contributed by atoms with Crippen LogP contribution in [0, 0.1) is 0 Å². The number of allylic oxidation sites excluding steroid dienone is 2. The largest absolute Gasteiger partial charge is 0.479 e. The lowest BCUT2D eigenvalue weighted by Crippen LogP contribution is -2.25. The van der Waals surface area contributed by atoms with Crippen molar-refractivity contribution in [2.75, 3.05) is 19.8 Å². The topological polar surface area (TPSA) is 39.7 Å². The van der Waals surface area contributed by atoms with Crippen LogP contribution >= 0.6 is 0 Å². The van der Waals surface area contributed by atoms with E-state index in [1.54, 1.807) is 6.08 Å². The van der Waals surface area contributed by atoms with Crippen LogP contribution in [0.3, 0.4) is 0 Å². The average molecular weight is 269 g/mol. The Kier molecular flexibility index (Phi) is 8.34. The van der Waals surface area contributed by atoms with Crippen molar-refractivity contribution in [3.63, 3.8) is 0 Å². The van der Waals surface area contributed by atoms with E-state index in [0.29, 0.717) is 19.3 Å². The first kappa shape index (κ1) is 16.1. The lowest BCUT2D eigenvalue weighted by molar-refractivity contribution is -0.163. The maximum Gasteiger partial charge on any atom is 0.186 e. The molecule has 4 heteroatoms. The van der Waals surface area contributed by atoms with E-state index in [9.17, 15) is 0 Å². The van der Waals surface area contributed by atoms with Crippen molar-refractivity contribution < 1.29 is 14.2 Å². The summed E-state index contributed by atoms with van der Waals surface area (Å²) in [7, 11) is 0. The molecule has 1 fully saturated rings. The molecule has 1 rings (SSSR count). The van der Waals surface area contributed by atoms with E-state index in [1.807, 2.05) is 6.08 Å². The van der Waals surface area contributed by atoms with Crippen LogP contribution in [0.1, 0.15) is 39.5 Å². The summed E-state index contributed by atoms with van der Waals surface area (Å²) >= 11 is 0. The molecule has 1 unspecified atom stereocenters. The van der Waals surface area contributed by atoms with Crippen LogP contribution in [-0.4, -0.2) is 32.2 Å². The fourth-order valence-corrected chi connectivity index (χ4v) is 1.83. The molecule has 1 atom stereocenters. The van der Waals surface area contributed by atoms with Crippen molar-refractivity contribution in [2.24, 2.45) is 0 Å². The van der Waals surface area contributed by atoms with Crippen molar-refractivity contribution in [2.45, 2.75) is 51.9 Å². The SMILES string of the molecule is C=C/C=C(\NC(C)C)OCCCOC1CCCCO1. The van der Waals surface area contributed by atoms with E-state index in [0.717, 1.165) is 31.8 Å². The zero-order valence-electron chi connectivity index (χ0n) is 12.2. The van der Waals surface area contributed by atoms with Gasteiger partial charge in [-0.15, -0.1) is 0 Å². The number of ether oxygens (including phenoxy) is 3. The summed E-state index contributed by atoms with van der Waals surface area (Å²) in [4.78, 5) is 0. The second-order valence-electron chi connectivity index (χ2n) is 4.93. The van der Waals surface area contributed by atoms with E-state index in [1.165, 1.54) is 6.42 Å². The van der Waals surface area contributed by atoms with Crippen molar-refractivity contribution in [1.82, 2.24) is 5.32 Å². The molecule has 0 aromatic carbocycles. The minimum atomic E-state index is -0.00859. The van der Waals surface area contributed by atoms with Crippen molar-refractivity contribution in [3.8, 4) is 0 Å². The molecule has 0 radical (unpaired) electrons. The third-order valence-electron chi connectivity index (χ3n) is 2.69. The molecule has 0 aliphatic carbocycles. The Bertz CT molecular complexity index is 271. The van der Waals surface area contributed by atoms with Crippen molar-refractivity contribution in [3.05, 3.63) is 24.6 Å². The molecule has 1 N–H and O–H groups in total. The van der Waals surface area contributed by atoms with Crippen LogP contribution in [0.5, 0.6) is 0 Å². The molecular formula is C15H27NO3. The van der Waals surface area contributed by atoms with Gasteiger partial charge in [0.05, 0.1) is 13.2 Å². The van der Waals surface area contributed by atoms with E-state index in [2.05, 4.69) is 25.7 Å². The fraction of sp³-hybridized carbons (Fsp3) is 0.733. The number of nitrogens with one attached hydrogen (secondary N) is 1. The Hall–Kier alpha value is -1.00. The summed E-state index contributed by atoms with van der Waals surface area (Å²) in [6, 6.07) is 0.345. The van der Waals surface area contributed by atoms with Gasteiger partial charge in [0.25, 0.3) is 0 Å². The zero-order chi connectivity index (χ0) is 13.9. The molecule has 19 heavy (non-hydrogen) atoms. The molecule has 4 nitrogen and oxygen atoms in total. The molecule has 1 saturated heterocycles. The monoisotopic (exact) mass is 269 g/mol. The molecule has 1 aliphatic heterocycles. The molecule has 0 aromatic heterocycles. The molecule has 0 saturated carbocycles. The van der Waals surface area contributed by atoms with Gasteiger partial charge in [0.15, 0.2) is 12.2 Å². The molecule has 0 bridgehead atoms. The van der Waals surface area contributed by atoms with Gasteiger partial charge in [0, 0.05) is 19.1 Å². The Morgan fingerprint density at radius 2 is 2.26 bits per heavy atom. The fourth-order valence-electron chi connectivity index (χ4n) is 1.83. The first-order valence-electron chi connectivity index (χ1n) is 7.17. The van der Waals surface area contributed by atoms with Gasteiger partial charge in [-0.1, -0.05) is 12.7 Å². The van der Waals surface area contributed by atoms with Crippen LogP contribution < -0.4 is 5.32 Å². The molecule has 0 spiro atoms. The average Bonchev–Trinajstić information content (AvgIpc) is 2.39. The van der Waals surface area contributed by atoms with E-state index >= 15 is 0 Å². The van der Waals surface area contributed by atoms with Crippen molar-refractivity contribution in [1.29, 1.82) is 0 Å². The Morgan fingerprint density at radius 1 is 1.42 bits per heavy atom. The normalized spacial score (nSPS) is 20.4. The first-order chi connectivity index (χ1) is 9.22. The zero-order valence-corrected chi connectivity index (χ0v) is 12.2. The lowest BCUT2D eigenvalue weighted by Gasteiger charge is -2.22. The van der Waals surface area contributed by atoms with Gasteiger partial charge in [-0.2, -0.15) is 0 Å². The van der Waals surface area contributed by atoms with Gasteiger partial charge in [-0.25, -0.2) is 0 Å². The molecule has 0 amide bonds. The van der Waals surface area contributed by atoms with Crippen LogP contribution in [0.15, 0.2) is 24.6 Å². The number of hydrogen-bond acceptors (Lipinski definition) is 4. The second kappa shape index (κ2) is 9.87. The molecule has 1 heterocycles. The van der Waals surface area contributed by atoms with E-state index in [-0.39, 0.29) is 6.29 Å². The van der Waals surface area contributed by atoms with E-state index in [4.69, 9.17) is 14.2 Å². The summed E-state index contributed by atoms with van der Waals surface area (Å²) in [5, 5.41) is 3.22. The second-order valence-corrected chi connectivity index (χ2v) is 4.93. The highest BCUT2D eigenvalue weighted by Gasteiger charge is 2.13. The van der Waals surface area contributed by atoms with Gasteiger partial charge >= 0.3 is 0 Å². The highest BCUT2D eigenvalue weighted by Crippen LogP contribution is 2.13. The quantitative estimate of drug-likeness (QED) is 0.397. The molecular weight excluding hydrogens is 242 g/mol. The maximum atomic E-state index is 5.64. The number of hydrogen-bond donors (Lipinski definition) is 1. The maximum absolute atomic E-state index is 5.64. The summed E-state index contributed by atoms with van der Waals surface area (Å²) in [6.45, 7) is 9.95. The first-order valence-corrected chi connectivity index (χ1v) is 7.17. The van der Waals surface area contributed by atoms with Gasteiger partial charge < -0.3 is 19.5 Å². The standard InChI is InChI=1S/C15H27NO3/c1-4-8-14(16-13(2)3)17-11-7-12-19-15-9-5-6-10-18-15/h4,8,13,15-16H,1,5-7,9-12H2,2-3H3/b14-8+. The van der Waals surface area contributed by atoms with Gasteiger partial charge in [0.1, 0.15) is 0 Å². The van der Waals surface area contributed by atoms with Gasteiger partial charge in [-0.05, 0) is 39.2 Å². The lowest BCUT2D eigenvalue weighted by atomic mass is 10.2. The highest BCUT2D eigenvalue weighted by atomic mass is 16.7. The van der Waals surface area contributed by atoms with E-state index < -0.39 is 0 Å². The van der Waals surface area contributed by atoms with Crippen LogP contribution in [0.4, 0.5) is 0 Å². The van der Waals surface area contributed by atoms with Gasteiger partial charge in [0.2, 0.25) is 0 Å². The summed E-state index contributed by atoms with van der Waals surface area (Å²) in [6.07, 6.45) is 7.77. The van der Waals surface area contributed by atoms with Crippen LogP contribution in [0.25, 0.3) is 0 Å².